The summed E-state index contributed by atoms with van der Waals surface area (Å²) in [6.45, 7) is -0.386. The minimum absolute atomic E-state index is 0.0823. The fourth-order valence-corrected chi connectivity index (χ4v) is 2.05. The third kappa shape index (κ3) is 3.05. The molecule has 0 aromatic heterocycles. The number of rotatable bonds is 5. The molecule has 0 unspecified atom stereocenters. The van der Waals surface area contributed by atoms with Gasteiger partial charge in [-0.2, -0.15) is 0 Å². The van der Waals surface area contributed by atoms with Crippen molar-refractivity contribution in [2.45, 2.75) is 0 Å². The zero-order valence-electron chi connectivity index (χ0n) is 11.7. The van der Waals surface area contributed by atoms with Crippen molar-refractivity contribution in [3.63, 3.8) is 0 Å². The number of ether oxygens (including phenoxy) is 3. The van der Waals surface area contributed by atoms with Crippen LogP contribution in [0, 0.1) is 15.9 Å². The van der Waals surface area contributed by atoms with Gasteiger partial charge in [0.05, 0.1) is 4.92 Å². The van der Waals surface area contributed by atoms with Crippen LogP contribution in [0.2, 0.25) is 0 Å². The zero-order valence-corrected chi connectivity index (χ0v) is 11.7. The molecule has 23 heavy (non-hydrogen) atoms. The van der Waals surface area contributed by atoms with Crippen LogP contribution in [0.3, 0.4) is 0 Å². The number of nitrogens with zero attached hydrogens (tertiary/aromatic N) is 1. The summed E-state index contributed by atoms with van der Waals surface area (Å²) in [4.78, 5) is 22.3. The van der Waals surface area contributed by atoms with Gasteiger partial charge in [-0.3, -0.25) is 14.9 Å². The summed E-state index contributed by atoms with van der Waals surface area (Å²) in [7, 11) is 0. The Labute approximate surface area is 129 Å². The van der Waals surface area contributed by atoms with Crippen LogP contribution in [-0.2, 0) is 0 Å². The zero-order chi connectivity index (χ0) is 16.4. The first-order valence-corrected chi connectivity index (χ1v) is 6.54. The number of ketones is 1. The molecule has 8 heteroatoms. The quantitative estimate of drug-likeness (QED) is 0.478. The molecule has 118 valence electrons. The highest BCUT2D eigenvalue weighted by Crippen LogP contribution is 2.33. The predicted octanol–water partition coefficient (Wildman–Crippen LogP) is 2.72. The molecule has 1 heterocycles. The fourth-order valence-electron chi connectivity index (χ4n) is 2.05. The number of carbonyl (C=O) groups is 1. The second-order valence-corrected chi connectivity index (χ2v) is 4.65. The van der Waals surface area contributed by atoms with Gasteiger partial charge in [-0.15, -0.1) is 0 Å². The van der Waals surface area contributed by atoms with E-state index in [9.17, 15) is 19.3 Å². The summed E-state index contributed by atoms with van der Waals surface area (Å²) in [6, 6.07) is 7.40. The second kappa shape index (κ2) is 5.91. The molecule has 0 bridgehead atoms. The van der Waals surface area contributed by atoms with Gasteiger partial charge in [-0.05, 0) is 24.3 Å². The van der Waals surface area contributed by atoms with E-state index in [-0.39, 0.29) is 12.5 Å². The van der Waals surface area contributed by atoms with Gasteiger partial charge in [-0.25, -0.2) is 4.39 Å². The third-order valence-electron chi connectivity index (χ3n) is 3.17. The Bertz CT molecular complexity index is 792. The Morgan fingerprint density at radius 2 is 2.00 bits per heavy atom. The molecular weight excluding hydrogens is 309 g/mol. The second-order valence-electron chi connectivity index (χ2n) is 4.65. The molecule has 1 aliphatic heterocycles. The average molecular weight is 319 g/mol. The Balaban J connectivity index is 1.74. The minimum atomic E-state index is -0.709. The molecule has 0 aliphatic carbocycles. The molecule has 3 rings (SSSR count). The molecule has 0 N–H and O–H groups in total. The molecule has 1 aliphatic rings. The summed E-state index contributed by atoms with van der Waals surface area (Å²) in [5, 5.41) is 10.9. The third-order valence-corrected chi connectivity index (χ3v) is 3.17. The van der Waals surface area contributed by atoms with Gasteiger partial charge in [0.2, 0.25) is 6.79 Å². The summed E-state index contributed by atoms with van der Waals surface area (Å²) < 4.78 is 28.6. The topological polar surface area (TPSA) is 87.9 Å². The highest BCUT2D eigenvalue weighted by Gasteiger charge is 2.19. The van der Waals surface area contributed by atoms with Crippen LogP contribution in [0.4, 0.5) is 10.1 Å². The monoisotopic (exact) mass is 319 g/mol. The van der Waals surface area contributed by atoms with E-state index in [1.54, 1.807) is 6.07 Å². The Morgan fingerprint density at radius 1 is 1.22 bits per heavy atom. The van der Waals surface area contributed by atoms with Crippen molar-refractivity contribution >= 4 is 11.5 Å². The van der Waals surface area contributed by atoms with Crippen molar-refractivity contribution in [2.75, 3.05) is 13.4 Å². The smallest absolute Gasteiger partial charge is 0.311 e. The number of nitro benzene ring substituents is 1. The maximum Gasteiger partial charge on any atom is 0.311 e. The molecule has 0 saturated carbocycles. The summed E-state index contributed by atoms with van der Waals surface area (Å²) in [5.74, 6) is -0.456. The van der Waals surface area contributed by atoms with Gasteiger partial charge in [0.1, 0.15) is 5.82 Å². The number of carbonyl (C=O) groups excluding carboxylic acids is 1. The van der Waals surface area contributed by atoms with Gasteiger partial charge in [-0.1, -0.05) is 0 Å². The van der Waals surface area contributed by atoms with Crippen LogP contribution < -0.4 is 14.2 Å². The largest absolute Gasteiger partial charge is 0.478 e. The highest BCUT2D eigenvalue weighted by molar-refractivity contribution is 5.98. The SMILES string of the molecule is O=C(COc1cc(F)ccc1[N+](=O)[O-])c1ccc2c(c1)OCO2. The van der Waals surface area contributed by atoms with Gasteiger partial charge >= 0.3 is 5.69 Å². The lowest BCUT2D eigenvalue weighted by Gasteiger charge is -2.07. The van der Waals surface area contributed by atoms with E-state index in [1.807, 2.05) is 0 Å². The maximum absolute atomic E-state index is 13.2. The summed E-state index contributed by atoms with van der Waals surface area (Å²) in [6.07, 6.45) is 0. The maximum atomic E-state index is 13.2. The lowest BCUT2D eigenvalue weighted by Crippen LogP contribution is -2.12. The normalized spacial score (nSPS) is 12.0. The van der Waals surface area contributed by atoms with E-state index in [2.05, 4.69) is 0 Å². The summed E-state index contributed by atoms with van der Waals surface area (Å²) >= 11 is 0. The Kier molecular flexibility index (Phi) is 3.80. The molecule has 0 saturated heterocycles. The van der Waals surface area contributed by atoms with Crippen LogP contribution in [0.25, 0.3) is 0 Å². The van der Waals surface area contributed by atoms with E-state index >= 15 is 0 Å². The first-order chi connectivity index (χ1) is 11.0. The molecule has 2 aromatic carbocycles. The number of Topliss-reactive ketones (excluding diaryl/α,β-unsaturated/α-hetero) is 1. The predicted molar refractivity (Wildman–Crippen MR) is 75.4 cm³/mol. The fraction of sp³-hybridized carbons (Fsp3) is 0.133. The van der Waals surface area contributed by atoms with Gasteiger partial charge in [0, 0.05) is 17.7 Å². The number of nitro groups is 1. The van der Waals surface area contributed by atoms with Crippen molar-refractivity contribution in [2.24, 2.45) is 0 Å². The van der Waals surface area contributed by atoms with Crippen LogP contribution in [0.1, 0.15) is 10.4 Å². The Morgan fingerprint density at radius 3 is 2.78 bits per heavy atom. The van der Waals surface area contributed by atoms with Crippen molar-refractivity contribution in [1.82, 2.24) is 0 Å². The number of hydrogen-bond acceptors (Lipinski definition) is 6. The number of hydrogen-bond donors (Lipinski definition) is 0. The van der Waals surface area contributed by atoms with E-state index in [4.69, 9.17) is 14.2 Å². The van der Waals surface area contributed by atoms with E-state index < -0.39 is 28.8 Å². The molecule has 7 nitrogen and oxygen atoms in total. The highest BCUT2D eigenvalue weighted by atomic mass is 19.1. The molecule has 2 aromatic rings. The minimum Gasteiger partial charge on any atom is -0.478 e. The van der Waals surface area contributed by atoms with Crippen molar-refractivity contribution in [3.8, 4) is 17.2 Å². The van der Waals surface area contributed by atoms with E-state index in [1.165, 1.54) is 12.1 Å². The van der Waals surface area contributed by atoms with E-state index in [0.29, 0.717) is 17.1 Å². The molecule has 0 spiro atoms. The van der Waals surface area contributed by atoms with Crippen molar-refractivity contribution in [3.05, 3.63) is 57.9 Å². The lowest BCUT2D eigenvalue weighted by molar-refractivity contribution is -0.385. The Hall–Kier alpha value is -3.16. The first kappa shape index (κ1) is 14.8. The molecule has 0 fully saturated rings. The van der Waals surface area contributed by atoms with E-state index in [0.717, 1.165) is 18.2 Å². The number of halogens is 1. The number of fused-ring (bicyclic) bond motifs is 1. The lowest BCUT2D eigenvalue weighted by atomic mass is 10.1. The van der Waals surface area contributed by atoms with Crippen molar-refractivity contribution in [1.29, 1.82) is 0 Å². The van der Waals surface area contributed by atoms with Crippen LogP contribution in [0.5, 0.6) is 17.2 Å². The first-order valence-electron chi connectivity index (χ1n) is 6.54. The molecule has 0 atom stereocenters. The van der Waals surface area contributed by atoms with Gasteiger partial charge < -0.3 is 14.2 Å². The van der Waals surface area contributed by atoms with Crippen LogP contribution >= 0.6 is 0 Å². The molecule has 0 amide bonds. The van der Waals surface area contributed by atoms with Crippen LogP contribution in [0.15, 0.2) is 36.4 Å². The van der Waals surface area contributed by atoms with Crippen molar-refractivity contribution < 1.29 is 28.3 Å². The van der Waals surface area contributed by atoms with Crippen LogP contribution in [-0.4, -0.2) is 24.1 Å². The van der Waals surface area contributed by atoms with Gasteiger partial charge in [0.15, 0.2) is 29.6 Å². The molecule has 0 radical (unpaired) electrons. The summed E-state index contributed by atoms with van der Waals surface area (Å²) in [5.41, 5.74) is -0.113. The van der Waals surface area contributed by atoms with Gasteiger partial charge in [0.25, 0.3) is 0 Å². The molecular formula is C15H10FNO6. The average Bonchev–Trinajstić information content (AvgIpc) is 2.99. The number of benzene rings is 2. The standard InChI is InChI=1S/C15H10FNO6/c16-10-2-3-11(17(19)20)14(6-10)21-7-12(18)9-1-4-13-15(5-9)23-8-22-13/h1-6H,7-8H2.